The molecule has 0 heterocycles. The van der Waals surface area contributed by atoms with Crippen LogP contribution in [-0.2, 0) is 21.6 Å². The van der Waals surface area contributed by atoms with Crippen molar-refractivity contribution >= 4 is 5.97 Å². The van der Waals surface area contributed by atoms with Gasteiger partial charge in [0.2, 0.25) is 0 Å². The van der Waals surface area contributed by atoms with E-state index in [1.54, 1.807) is 14.2 Å². The Labute approximate surface area is 108 Å². The molecular weight excluding hydrogens is 232 g/mol. The standard InChI is InChI=1S/C14H20O4/c1-14(2,8-12(15)16)11-7-5-6-10(9-17-3)13(11)18-4/h5-7H,8-9H2,1-4H3,(H,15,16). The lowest BCUT2D eigenvalue weighted by molar-refractivity contribution is -0.138. The first-order valence-corrected chi connectivity index (χ1v) is 5.79. The van der Waals surface area contributed by atoms with Gasteiger partial charge < -0.3 is 14.6 Å². The Hall–Kier alpha value is -1.55. The maximum atomic E-state index is 10.9. The summed E-state index contributed by atoms with van der Waals surface area (Å²) in [6, 6.07) is 5.72. The molecule has 0 fully saturated rings. The highest BCUT2D eigenvalue weighted by Crippen LogP contribution is 2.36. The Balaban J connectivity index is 3.22. The topological polar surface area (TPSA) is 55.8 Å². The molecule has 4 heteroatoms. The van der Waals surface area contributed by atoms with Crippen molar-refractivity contribution in [2.75, 3.05) is 14.2 Å². The molecule has 1 N–H and O–H groups in total. The molecule has 4 nitrogen and oxygen atoms in total. The van der Waals surface area contributed by atoms with Crippen molar-refractivity contribution in [3.8, 4) is 5.75 Å². The van der Waals surface area contributed by atoms with E-state index in [9.17, 15) is 4.79 Å². The minimum absolute atomic E-state index is 0.0554. The molecule has 0 radical (unpaired) electrons. The lowest BCUT2D eigenvalue weighted by Gasteiger charge is -2.26. The van der Waals surface area contributed by atoms with Crippen LogP contribution in [0, 0.1) is 0 Å². The number of carbonyl (C=O) groups is 1. The van der Waals surface area contributed by atoms with E-state index in [0.717, 1.165) is 11.1 Å². The number of carboxylic acid groups (broad SMARTS) is 1. The molecular formula is C14H20O4. The summed E-state index contributed by atoms with van der Waals surface area (Å²) in [5.74, 6) is -0.107. The van der Waals surface area contributed by atoms with E-state index in [0.29, 0.717) is 12.4 Å². The van der Waals surface area contributed by atoms with Crippen molar-refractivity contribution in [3.05, 3.63) is 29.3 Å². The second-order valence-electron chi connectivity index (χ2n) is 4.89. The lowest BCUT2D eigenvalue weighted by Crippen LogP contribution is -2.23. The van der Waals surface area contributed by atoms with Crippen LogP contribution in [0.2, 0.25) is 0 Å². The zero-order chi connectivity index (χ0) is 13.8. The van der Waals surface area contributed by atoms with E-state index in [1.165, 1.54) is 0 Å². The van der Waals surface area contributed by atoms with Gasteiger partial charge in [0, 0.05) is 23.7 Å². The van der Waals surface area contributed by atoms with Gasteiger partial charge >= 0.3 is 5.97 Å². The minimum Gasteiger partial charge on any atom is -0.496 e. The Morgan fingerprint density at radius 1 is 1.33 bits per heavy atom. The Morgan fingerprint density at radius 2 is 2.00 bits per heavy atom. The van der Waals surface area contributed by atoms with E-state index in [1.807, 2.05) is 32.0 Å². The average Bonchev–Trinajstić information content (AvgIpc) is 2.27. The first-order chi connectivity index (χ1) is 8.42. The Kier molecular flexibility index (Phi) is 4.73. The van der Waals surface area contributed by atoms with E-state index in [2.05, 4.69) is 0 Å². The molecule has 0 unspecified atom stereocenters. The average molecular weight is 252 g/mol. The van der Waals surface area contributed by atoms with E-state index < -0.39 is 11.4 Å². The summed E-state index contributed by atoms with van der Waals surface area (Å²) in [6.45, 7) is 4.24. The van der Waals surface area contributed by atoms with Gasteiger partial charge in [-0.2, -0.15) is 0 Å². The molecule has 18 heavy (non-hydrogen) atoms. The van der Waals surface area contributed by atoms with Gasteiger partial charge in [-0.05, 0) is 0 Å². The molecule has 1 aromatic rings. The fraction of sp³-hybridized carbons (Fsp3) is 0.500. The summed E-state index contributed by atoms with van der Waals surface area (Å²) in [7, 11) is 3.21. The quantitative estimate of drug-likeness (QED) is 0.845. The Morgan fingerprint density at radius 3 is 2.50 bits per heavy atom. The third-order valence-electron chi connectivity index (χ3n) is 2.92. The van der Waals surface area contributed by atoms with Crippen molar-refractivity contribution in [1.29, 1.82) is 0 Å². The molecule has 0 saturated heterocycles. The summed E-state index contributed by atoms with van der Waals surface area (Å²) in [5, 5.41) is 8.98. The highest BCUT2D eigenvalue weighted by molar-refractivity contribution is 5.69. The maximum absolute atomic E-state index is 10.9. The van der Waals surface area contributed by atoms with E-state index in [4.69, 9.17) is 14.6 Å². The highest BCUT2D eigenvalue weighted by Gasteiger charge is 2.28. The van der Waals surface area contributed by atoms with Crippen molar-refractivity contribution in [3.63, 3.8) is 0 Å². The van der Waals surface area contributed by atoms with Crippen LogP contribution in [0.15, 0.2) is 18.2 Å². The Bertz CT molecular complexity index is 424. The van der Waals surface area contributed by atoms with Crippen molar-refractivity contribution < 1.29 is 19.4 Å². The highest BCUT2D eigenvalue weighted by atomic mass is 16.5. The maximum Gasteiger partial charge on any atom is 0.304 e. The number of hydrogen-bond acceptors (Lipinski definition) is 3. The van der Waals surface area contributed by atoms with Crippen molar-refractivity contribution in [2.24, 2.45) is 0 Å². The van der Waals surface area contributed by atoms with Gasteiger partial charge in [-0.15, -0.1) is 0 Å². The molecule has 0 saturated carbocycles. The van der Waals surface area contributed by atoms with Gasteiger partial charge in [-0.25, -0.2) is 0 Å². The third-order valence-corrected chi connectivity index (χ3v) is 2.92. The van der Waals surface area contributed by atoms with Crippen molar-refractivity contribution in [1.82, 2.24) is 0 Å². The second kappa shape index (κ2) is 5.87. The van der Waals surface area contributed by atoms with Gasteiger partial charge in [0.15, 0.2) is 0 Å². The number of methoxy groups -OCH3 is 2. The van der Waals surface area contributed by atoms with E-state index in [-0.39, 0.29) is 6.42 Å². The number of ether oxygens (including phenoxy) is 2. The van der Waals surface area contributed by atoms with Crippen LogP contribution in [0.4, 0.5) is 0 Å². The summed E-state index contributed by atoms with van der Waals surface area (Å²) in [6.07, 6.45) is 0.0554. The largest absolute Gasteiger partial charge is 0.496 e. The first kappa shape index (κ1) is 14.5. The van der Waals surface area contributed by atoms with Gasteiger partial charge in [-0.1, -0.05) is 32.0 Å². The third kappa shape index (κ3) is 3.23. The van der Waals surface area contributed by atoms with Gasteiger partial charge in [0.05, 0.1) is 20.1 Å². The minimum atomic E-state index is -0.820. The van der Waals surface area contributed by atoms with Gasteiger partial charge in [0.1, 0.15) is 5.75 Å². The molecule has 0 amide bonds. The van der Waals surface area contributed by atoms with Crippen molar-refractivity contribution in [2.45, 2.75) is 32.3 Å². The number of rotatable bonds is 6. The number of aliphatic carboxylic acids is 1. The number of para-hydroxylation sites is 1. The van der Waals surface area contributed by atoms with Crippen LogP contribution < -0.4 is 4.74 Å². The lowest BCUT2D eigenvalue weighted by atomic mass is 9.80. The number of benzene rings is 1. The molecule has 100 valence electrons. The second-order valence-corrected chi connectivity index (χ2v) is 4.89. The summed E-state index contributed by atoms with van der Waals surface area (Å²) < 4.78 is 10.5. The van der Waals surface area contributed by atoms with Crippen LogP contribution in [0.25, 0.3) is 0 Å². The molecule has 0 bridgehead atoms. The van der Waals surface area contributed by atoms with Crippen LogP contribution in [0.1, 0.15) is 31.4 Å². The zero-order valence-electron chi connectivity index (χ0n) is 11.3. The van der Waals surface area contributed by atoms with Crippen LogP contribution in [0.3, 0.4) is 0 Å². The van der Waals surface area contributed by atoms with Crippen LogP contribution >= 0.6 is 0 Å². The number of carboxylic acids is 1. The molecule has 0 aromatic heterocycles. The SMILES string of the molecule is COCc1cccc(C(C)(C)CC(=O)O)c1OC. The molecule has 0 aliphatic carbocycles. The fourth-order valence-corrected chi connectivity index (χ4v) is 2.10. The molecule has 0 aliphatic heterocycles. The summed E-state index contributed by atoms with van der Waals surface area (Å²) >= 11 is 0. The zero-order valence-corrected chi connectivity index (χ0v) is 11.3. The van der Waals surface area contributed by atoms with Crippen LogP contribution in [0.5, 0.6) is 5.75 Å². The van der Waals surface area contributed by atoms with E-state index >= 15 is 0 Å². The van der Waals surface area contributed by atoms with Gasteiger partial charge in [-0.3, -0.25) is 4.79 Å². The summed E-state index contributed by atoms with van der Waals surface area (Å²) in [4.78, 5) is 10.9. The molecule has 0 spiro atoms. The van der Waals surface area contributed by atoms with Gasteiger partial charge in [0.25, 0.3) is 0 Å². The van der Waals surface area contributed by atoms with Crippen LogP contribution in [-0.4, -0.2) is 25.3 Å². The summed E-state index contributed by atoms with van der Waals surface area (Å²) in [5.41, 5.74) is 1.33. The monoisotopic (exact) mass is 252 g/mol. The molecule has 1 rings (SSSR count). The molecule has 0 atom stereocenters. The molecule has 0 aliphatic rings. The smallest absolute Gasteiger partial charge is 0.304 e. The molecule has 1 aromatic carbocycles. The normalized spacial score (nSPS) is 11.3. The predicted octanol–water partition coefficient (Wildman–Crippen LogP) is 2.59. The first-order valence-electron chi connectivity index (χ1n) is 5.79. The number of hydrogen-bond donors (Lipinski definition) is 1. The fourth-order valence-electron chi connectivity index (χ4n) is 2.10. The predicted molar refractivity (Wildman–Crippen MR) is 69.0 cm³/mol.